The number of benzene rings is 1. The van der Waals surface area contributed by atoms with Gasteiger partial charge in [0, 0.05) is 31.1 Å². The predicted molar refractivity (Wildman–Crippen MR) is 79.0 cm³/mol. The van der Waals surface area contributed by atoms with Crippen molar-refractivity contribution in [3.05, 3.63) is 42.0 Å². The number of carbonyl (C=O) groups is 1. The molecule has 1 heterocycles. The van der Waals surface area contributed by atoms with Crippen LogP contribution in [0.15, 0.2) is 35.7 Å². The van der Waals surface area contributed by atoms with Gasteiger partial charge in [0.05, 0.1) is 18.3 Å². The molecule has 9 heteroatoms. The van der Waals surface area contributed by atoms with E-state index in [1.165, 1.54) is 30.9 Å². The van der Waals surface area contributed by atoms with E-state index in [0.717, 1.165) is 6.07 Å². The molecular weight excluding hydrogens is 366 g/mol. The minimum absolute atomic E-state index is 0. The Hall–Kier alpha value is -2.35. The van der Waals surface area contributed by atoms with Gasteiger partial charge in [-0.3, -0.25) is 4.99 Å². The van der Waals surface area contributed by atoms with Crippen LogP contribution in [0.2, 0.25) is 0 Å². The van der Waals surface area contributed by atoms with E-state index in [4.69, 9.17) is 10.2 Å². The first kappa shape index (κ1) is 21.6. The van der Waals surface area contributed by atoms with Crippen LogP contribution < -0.4 is 10.2 Å². The van der Waals surface area contributed by atoms with E-state index in [2.05, 4.69) is 15.0 Å². The van der Waals surface area contributed by atoms with Crippen molar-refractivity contribution >= 4 is 12.2 Å². The quantitative estimate of drug-likeness (QED) is 0.445. The number of carbonyl (C=O) groups excluding carboxylic acids is 1. The van der Waals surface area contributed by atoms with Gasteiger partial charge in [-0.05, 0) is 24.6 Å². The second kappa shape index (κ2) is 11.2. The molecule has 0 fully saturated rings. The molecule has 0 aliphatic carbocycles. The van der Waals surface area contributed by atoms with E-state index in [1.807, 2.05) is 0 Å². The number of aliphatic hydroxyl groups excluding tert-OH is 1. The monoisotopic (exact) mass is 382 g/mol. The number of aliphatic imine (C=N–C) groups is 1. The Kier molecular flexibility index (Phi) is 10.1. The number of hydrogen-bond donors (Lipinski definition) is 3. The van der Waals surface area contributed by atoms with Gasteiger partial charge >= 0.3 is 17.1 Å². The minimum atomic E-state index is -1.35. The molecule has 1 aromatic heterocycles. The summed E-state index contributed by atoms with van der Waals surface area (Å²) in [6.07, 6.45) is 4.18. The first-order valence-electron chi connectivity index (χ1n) is 6.80. The number of hydrogen-bond acceptors (Lipinski definition) is 7. The fraction of sp³-hybridized carbons (Fsp3) is 0.267. The van der Waals surface area contributed by atoms with Gasteiger partial charge in [0.15, 0.2) is 0 Å². The second-order valence-electron chi connectivity index (χ2n) is 4.43. The minimum Gasteiger partial charge on any atom is -0.872 e. The van der Waals surface area contributed by atoms with Crippen LogP contribution in [0.5, 0.6) is 11.5 Å². The number of imidazole rings is 1. The van der Waals surface area contributed by atoms with Crippen LogP contribution in [0.4, 0.5) is 0 Å². The van der Waals surface area contributed by atoms with Crippen molar-refractivity contribution in [2.24, 2.45) is 4.99 Å². The number of aromatic hydroxyl groups is 1. The van der Waals surface area contributed by atoms with Crippen LogP contribution >= 0.6 is 0 Å². The molecule has 133 valence electrons. The van der Waals surface area contributed by atoms with Crippen molar-refractivity contribution in [3.63, 3.8) is 0 Å². The third-order valence-electron chi connectivity index (χ3n) is 2.63. The molecule has 3 N–H and O–H groups in total. The predicted octanol–water partition coefficient (Wildman–Crippen LogP) is -1.03. The van der Waals surface area contributed by atoms with Crippen LogP contribution in [0.3, 0.4) is 0 Å². The van der Waals surface area contributed by atoms with Crippen LogP contribution in [0, 0.1) is 0 Å². The molecule has 1 radical (unpaired) electrons. The summed E-state index contributed by atoms with van der Waals surface area (Å²) in [6, 6.07) is 2.60. The molecule has 2 rings (SSSR count). The van der Waals surface area contributed by atoms with E-state index in [9.17, 15) is 15.0 Å². The largest absolute Gasteiger partial charge is 2.00 e. The van der Waals surface area contributed by atoms with Gasteiger partial charge in [-0.25, -0.2) is 4.98 Å². The second-order valence-corrected chi connectivity index (χ2v) is 4.43. The number of nitrogens with one attached hydrogen (secondary N) is 1. The number of carboxylic acids is 1. The molecule has 0 amide bonds. The van der Waals surface area contributed by atoms with E-state index < -0.39 is 17.8 Å². The van der Waals surface area contributed by atoms with Crippen molar-refractivity contribution in [2.45, 2.75) is 19.4 Å². The number of rotatable bonds is 5. The summed E-state index contributed by atoms with van der Waals surface area (Å²) in [6.45, 7) is 1.93. The van der Waals surface area contributed by atoms with Crippen LogP contribution in [-0.4, -0.2) is 45.0 Å². The average Bonchev–Trinajstić information content (AvgIpc) is 2.98. The first-order chi connectivity index (χ1) is 11.0. The van der Waals surface area contributed by atoms with Gasteiger partial charge < -0.3 is 30.2 Å². The molecule has 0 bridgehead atoms. The Morgan fingerprint density at radius 3 is 2.67 bits per heavy atom. The molecule has 1 atom stereocenters. The molecule has 0 saturated heterocycles. The fourth-order valence-corrected chi connectivity index (χ4v) is 1.60. The molecule has 0 unspecified atom stereocenters. The molecule has 0 spiro atoms. The fourth-order valence-electron chi connectivity index (χ4n) is 1.60. The summed E-state index contributed by atoms with van der Waals surface area (Å²) < 4.78 is 0. The number of phenols is 1. The standard InChI is InChI=1S/C13H13N3O4.C2H6O.Cu/c17-10-2-1-8(12(18)4-10)5-15-11(13(19)20)3-9-6-14-7-16-9;1-2-3;/h1-2,4-7,11,17-18H,3H2,(H,14,16)(H,19,20);3H,2H2,1H3;/q;;+2/p-2/t11-;;/m0../s1. The molecule has 8 nitrogen and oxygen atoms in total. The van der Waals surface area contributed by atoms with Crippen LogP contribution in [0.25, 0.3) is 0 Å². The van der Waals surface area contributed by atoms with Gasteiger partial charge in [-0.15, -0.1) is 0 Å². The molecule has 24 heavy (non-hydrogen) atoms. The van der Waals surface area contributed by atoms with Crippen LogP contribution in [0.1, 0.15) is 18.2 Å². The molecule has 0 aliphatic heterocycles. The Labute approximate surface area is 149 Å². The van der Waals surface area contributed by atoms with E-state index in [0.29, 0.717) is 5.69 Å². The molecule has 2 aromatic rings. The Morgan fingerprint density at radius 2 is 2.17 bits per heavy atom. The molecular formula is C15H17CuN3O5. The normalized spacial score (nSPS) is 11.2. The maximum Gasteiger partial charge on any atom is 2.00 e. The van der Waals surface area contributed by atoms with Gasteiger partial charge in [0.1, 0.15) is 5.75 Å². The van der Waals surface area contributed by atoms with Crippen molar-refractivity contribution in [3.8, 4) is 11.5 Å². The summed E-state index contributed by atoms with van der Waals surface area (Å²) in [5, 5.41) is 39.2. The van der Waals surface area contributed by atoms with Gasteiger partial charge in [-0.1, -0.05) is 11.8 Å². The van der Waals surface area contributed by atoms with E-state index in [-0.39, 0.29) is 41.4 Å². The molecule has 0 aliphatic rings. The van der Waals surface area contributed by atoms with Crippen molar-refractivity contribution in [1.82, 2.24) is 9.97 Å². The topological polar surface area (TPSA) is 145 Å². The first-order valence-corrected chi connectivity index (χ1v) is 6.80. The van der Waals surface area contributed by atoms with E-state index in [1.54, 1.807) is 6.92 Å². The number of nitrogens with zero attached hydrogens (tertiary/aromatic N) is 2. The number of aromatic amines is 1. The maximum absolute atomic E-state index is 11.5. The summed E-state index contributed by atoms with van der Waals surface area (Å²) in [5.74, 6) is -1.93. The van der Waals surface area contributed by atoms with Gasteiger partial charge in [-0.2, -0.15) is 0 Å². The molecule has 1 aromatic carbocycles. The maximum atomic E-state index is 11.5. The zero-order valence-electron chi connectivity index (χ0n) is 12.8. The summed E-state index contributed by atoms with van der Waals surface area (Å²) in [4.78, 5) is 21.4. The third kappa shape index (κ3) is 7.28. The summed E-state index contributed by atoms with van der Waals surface area (Å²) >= 11 is 0. The average molecular weight is 383 g/mol. The zero-order chi connectivity index (χ0) is 17.2. The number of aliphatic hydroxyl groups is 1. The number of aromatic nitrogens is 2. The number of H-pyrrole nitrogens is 1. The van der Waals surface area contributed by atoms with Gasteiger partial charge in [0.25, 0.3) is 0 Å². The Morgan fingerprint density at radius 1 is 1.50 bits per heavy atom. The molecule has 0 saturated carbocycles. The smallest absolute Gasteiger partial charge is 0.872 e. The van der Waals surface area contributed by atoms with Crippen molar-refractivity contribution < 1.29 is 42.3 Å². The Balaban J connectivity index is 0.00000123. The number of phenolic OH excluding ortho intramolecular Hbond substituents is 1. The van der Waals surface area contributed by atoms with Crippen molar-refractivity contribution in [1.29, 1.82) is 0 Å². The van der Waals surface area contributed by atoms with Gasteiger partial charge in [0.2, 0.25) is 0 Å². The van der Waals surface area contributed by atoms with E-state index >= 15 is 0 Å². The SMILES string of the molecule is CCO.O=C([O-])[C@H](Cc1cnc[nH]1)N=Cc1ccc(O)cc1[O-].[Cu+2]. The number of aliphatic carboxylic acids is 1. The zero-order valence-corrected chi connectivity index (χ0v) is 13.7. The Bertz CT molecular complexity index is 647. The van der Waals surface area contributed by atoms with Crippen LogP contribution in [-0.2, 0) is 28.3 Å². The van der Waals surface area contributed by atoms with Crippen molar-refractivity contribution in [2.75, 3.05) is 6.61 Å². The number of carboxylic acid groups (broad SMARTS) is 1. The summed E-state index contributed by atoms with van der Waals surface area (Å²) in [5.41, 5.74) is 0.795. The third-order valence-corrected chi connectivity index (χ3v) is 2.63. The summed E-state index contributed by atoms with van der Waals surface area (Å²) in [7, 11) is 0.